The van der Waals surface area contributed by atoms with E-state index in [1.807, 2.05) is 55.6 Å². The molecule has 3 aromatic rings. The van der Waals surface area contributed by atoms with Crippen LogP contribution in [0.3, 0.4) is 0 Å². The van der Waals surface area contributed by atoms with E-state index in [4.69, 9.17) is 32.1 Å². The second-order valence-corrected chi connectivity index (χ2v) is 14.1. The average Bonchev–Trinajstić information content (AvgIpc) is 3.01. The van der Waals surface area contributed by atoms with Gasteiger partial charge in [0.15, 0.2) is 0 Å². The van der Waals surface area contributed by atoms with Crippen molar-refractivity contribution in [1.29, 1.82) is 10.8 Å². The van der Waals surface area contributed by atoms with Gasteiger partial charge in [-0.15, -0.1) is 0 Å². The van der Waals surface area contributed by atoms with Crippen LogP contribution in [0, 0.1) is 10.8 Å². The number of fused-ring (bicyclic) bond motifs is 1. The summed E-state index contributed by atoms with van der Waals surface area (Å²) in [6, 6.07) is 19.4. The molecule has 0 radical (unpaired) electrons. The van der Waals surface area contributed by atoms with Gasteiger partial charge in [0.2, 0.25) is 14.2 Å². The van der Waals surface area contributed by atoms with Gasteiger partial charge >= 0.3 is 0 Å². The van der Waals surface area contributed by atoms with Gasteiger partial charge in [-0.25, -0.2) is 0 Å². The maximum absolute atomic E-state index is 13.1. The molecule has 1 atom stereocenters. The highest BCUT2D eigenvalue weighted by Gasteiger charge is 2.32. The van der Waals surface area contributed by atoms with Crippen LogP contribution in [-0.4, -0.2) is 49.6 Å². The van der Waals surface area contributed by atoms with Crippen molar-refractivity contribution in [3.05, 3.63) is 88.4 Å². The molecule has 1 amide bonds. The summed E-state index contributed by atoms with van der Waals surface area (Å²) in [5.74, 6) is 0.498. The van der Waals surface area contributed by atoms with Crippen LogP contribution in [0.1, 0.15) is 30.0 Å². The fourth-order valence-electron chi connectivity index (χ4n) is 4.44. The van der Waals surface area contributed by atoms with E-state index in [1.165, 1.54) is 4.90 Å². The van der Waals surface area contributed by atoms with Crippen molar-refractivity contribution in [2.24, 2.45) is 4.99 Å². The number of nitrogens with one attached hydrogen (secondary N) is 3. The zero-order valence-electron chi connectivity index (χ0n) is 22.4. The normalized spacial score (nSPS) is 15.2. The van der Waals surface area contributed by atoms with Crippen molar-refractivity contribution in [2.45, 2.75) is 39.0 Å². The van der Waals surface area contributed by atoms with Crippen LogP contribution in [0.4, 0.5) is 5.69 Å². The Morgan fingerprint density at radius 3 is 2.51 bits per heavy atom. The summed E-state index contributed by atoms with van der Waals surface area (Å²) >= 11 is 6.14. The van der Waals surface area contributed by atoms with Gasteiger partial charge in [-0.05, 0) is 61.1 Å². The Kier molecular flexibility index (Phi) is 8.34. The van der Waals surface area contributed by atoms with Crippen LogP contribution in [-0.2, 0) is 11.3 Å². The summed E-state index contributed by atoms with van der Waals surface area (Å²) in [6.45, 7) is 5.59. The number of nitrogens with zero attached hydrogens (tertiary/aromatic N) is 2. The summed E-state index contributed by atoms with van der Waals surface area (Å²) in [7, 11) is -0.897. The minimum Gasteiger partial charge on any atom is -0.497 e. The van der Waals surface area contributed by atoms with E-state index < -0.39 is 14.4 Å². The minimum absolute atomic E-state index is 0.0306. The van der Waals surface area contributed by atoms with E-state index >= 15 is 0 Å². The molecule has 39 heavy (non-hydrogen) atoms. The summed E-state index contributed by atoms with van der Waals surface area (Å²) in [6.07, 6.45) is -0.0786. The van der Waals surface area contributed by atoms with Crippen molar-refractivity contribution in [2.75, 3.05) is 12.0 Å². The number of ether oxygens (including phenoxy) is 1. The Bertz CT molecular complexity index is 1450. The molecule has 202 valence electrons. The molecular formula is C29H32ClN5O3Si. The molecule has 0 bridgehead atoms. The maximum Gasteiger partial charge on any atom is 0.222 e. The van der Waals surface area contributed by atoms with E-state index in [-0.39, 0.29) is 30.5 Å². The first-order valence-electron chi connectivity index (χ1n) is 12.5. The molecule has 1 aliphatic heterocycles. The molecule has 1 unspecified atom stereocenters. The standard InChI is InChI=1S/C29H32ClN5O3Si/c1-18(31)35-26-13-12-22(38-2)15-24(26)28(20-8-10-21(30)11-9-20)34-25(29(35)32)16-27(36)33-17-19-6-5-7-23(14-19)39(3,4)37/h5-15,25,31-32,37H,16-17H2,1-4H3,(H,33,36). The Morgan fingerprint density at radius 1 is 1.15 bits per heavy atom. The second kappa shape index (κ2) is 11.5. The number of carbonyl (C=O) groups is 1. The number of hydrogen-bond acceptors (Lipinski definition) is 6. The van der Waals surface area contributed by atoms with E-state index in [2.05, 4.69) is 5.32 Å². The number of methoxy groups -OCH3 is 1. The number of aliphatic imine (C=N–C) groups is 1. The SMILES string of the molecule is COc1ccc2c(c1)C(c1ccc(Cl)cc1)=NC(CC(=O)NCc1cccc([Si](C)(C)O)c1)C(=N)N2C(C)=N. The van der Waals surface area contributed by atoms with Crippen LogP contribution in [0.2, 0.25) is 18.1 Å². The highest BCUT2D eigenvalue weighted by atomic mass is 35.5. The zero-order chi connectivity index (χ0) is 28.3. The summed E-state index contributed by atoms with van der Waals surface area (Å²) in [5.41, 5.74) is 3.52. The number of rotatable bonds is 7. The molecule has 0 aromatic heterocycles. The van der Waals surface area contributed by atoms with Gasteiger partial charge in [-0.3, -0.25) is 25.5 Å². The molecule has 1 aliphatic rings. The number of carbonyl (C=O) groups excluding carboxylic acids is 1. The molecule has 8 nitrogen and oxygen atoms in total. The van der Waals surface area contributed by atoms with Crippen molar-refractivity contribution in [3.63, 3.8) is 0 Å². The number of amides is 1. The van der Waals surface area contributed by atoms with Gasteiger partial charge < -0.3 is 14.8 Å². The van der Waals surface area contributed by atoms with E-state index in [0.29, 0.717) is 27.7 Å². The topological polar surface area (TPSA) is 122 Å². The van der Waals surface area contributed by atoms with Crippen LogP contribution in [0.5, 0.6) is 5.75 Å². The number of benzene rings is 3. The Hall–Kier alpha value is -3.79. The van der Waals surface area contributed by atoms with E-state index in [0.717, 1.165) is 16.3 Å². The van der Waals surface area contributed by atoms with Crippen molar-refractivity contribution >= 4 is 54.1 Å². The van der Waals surface area contributed by atoms with Crippen LogP contribution < -0.4 is 20.1 Å². The second-order valence-electron chi connectivity index (χ2n) is 9.93. The first-order chi connectivity index (χ1) is 18.5. The van der Waals surface area contributed by atoms with Crippen LogP contribution in [0.25, 0.3) is 0 Å². The highest BCUT2D eigenvalue weighted by Crippen LogP contribution is 2.33. The molecule has 10 heteroatoms. The lowest BCUT2D eigenvalue weighted by molar-refractivity contribution is -0.121. The molecule has 1 heterocycles. The quantitative estimate of drug-likeness (QED) is 0.193. The van der Waals surface area contributed by atoms with Gasteiger partial charge in [-0.1, -0.05) is 48.0 Å². The molecule has 4 rings (SSSR count). The molecule has 3 aromatic carbocycles. The Labute approximate surface area is 234 Å². The van der Waals surface area contributed by atoms with E-state index in [1.54, 1.807) is 38.3 Å². The van der Waals surface area contributed by atoms with Crippen molar-refractivity contribution < 1.29 is 14.3 Å². The lowest BCUT2D eigenvalue weighted by Crippen LogP contribution is -2.42. The zero-order valence-corrected chi connectivity index (χ0v) is 24.1. The number of hydrogen-bond donors (Lipinski definition) is 4. The average molecular weight is 562 g/mol. The van der Waals surface area contributed by atoms with Gasteiger partial charge in [-0.2, -0.15) is 0 Å². The summed E-state index contributed by atoms with van der Waals surface area (Å²) < 4.78 is 5.46. The minimum atomic E-state index is -2.47. The summed E-state index contributed by atoms with van der Waals surface area (Å²) in [4.78, 5) is 30.0. The largest absolute Gasteiger partial charge is 0.497 e. The van der Waals surface area contributed by atoms with Gasteiger partial charge in [0, 0.05) is 22.7 Å². The first-order valence-corrected chi connectivity index (χ1v) is 15.8. The first kappa shape index (κ1) is 28.2. The molecule has 4 N–H and O–H groups in total. The lowest BCUT2D eigenvalue weighted by atomic mass is 9.99. The van der Waals surface area contributed by atoms with Gasteiger partial charge in [0.25, 0.3) is 0 Å². The predicted octanol–water partition coefficient (Wildman–Crippen LogP) is 4.46. The predicted molar refractivity (Wildman–Crippen MR) is 160 cm³/mol. The fourth-order valence-corrected chi connectivity index (χ4v) is 5.61. The van der Waals surface area contributed by atoms with Gasteiger partial charge in [0.05, 0.1) is 24.9 Å². The highest BCUT2D eigenvalue weighted by molar-refractivity contribution is 6.83. The molecule has 0 saturated carbocycles. The third-order valence-corrected chi connectivity index (χ3v) is 8.47. The fraction of sp³-hybridized carbons (Fsp3) is 0.241. The van der Waals surface area contributed by atoms with Crippen LogP contribution in [0.15, 0.2) is 71.7 Å². The Balaban J connectivity index is 1.68. The molecule has 0 aliphatic carbocycles. The lowest BCUT2D eigenvalue weighted by Gasteiger charge is -2.26. The number of anilines is 1. The number of halogens is 1. The molecular weight excluding hydrogens is 530 g/mol. The monoisotopic (exact) mass is 561 g/mol. The van der Waals surface area contributed by atoms with Crippen LogP contribution >= 0.6 is 11.6 Å². The van der Waals surface area contributed by atoms with E-state index in [9.17, 15) is 9.59 Å². The third-order valence-electron chi connectivity index (χ3n) is 6.50. The molecule has 0 spiro atoms. The number of benzodiazepines with no additional fused rings is 1. The van der Waals surface area contributed by atoms with Gasteiger partial charge in [0.1, 0.15) is 23.5 Å². The van der Waals surface area contributed by atoms with Crippen molar-refractivity contribution in [3.8, 4) is 5.75 Å². The smallest absolute Gasteiger partial charge is 0.222 e. The number of amidine groups is 2. The Morgan fingerprint density at radius 2 is 1.87 bits per heavy atom. The molecule has 0 saturated heterocycles. The van der Waals surface area contributed by atoms with Crippen molar-refractivity contribution in [1.82, 2.24) is 5.32 Å². The molecule has 0 fully saturated rings. The third kappa shape index (κ3) is 6.44. The maximum atomic E-state index is 13.1. The summed E-state index contributed by atoms with van der Waals surface area (Å²) in [5, 5.41) is 21.8.